The Labute approximate surface area is 104 Å². The molecular weight excluding hydrogens is 232 g/mol. The second-order valence-corrected chi connectivity index (χ2v) is 3.92. The molecule has 0 bridgehead atoms. The fraction of sp³-hybridized carbons (Fsp3) is 0.333. The van der Waals surface area contributed by atoms with Gasteiger partial charge >= 0.3 is 5.97 Å². The van der Waals surface area contributed by atoms with E-state index in [4.69, 9.17) is 5.11 Å². The molecule has 0 fully saturated rings. The predicted octanol–water partition coefficient (Wildman–Crippen LogP) is 1.24. The molecule has 1 aromatic carbocycles. The van der Waals surface area contributed by atoms with Crippen molar-refractivity contribution in [3.8, 4) is 5.69 Å². The number of nitrogens with zero attached hydrogens (tertiary/aromatic N) is 4. The second kappa shape index (κ2) is 5.39. The summed E-state index contributed by atoms with van der Waals surface area (Å²) >= 11 is 0. The van der Waals surface area contributed by atoms with Gasteiger partial charge in [0.05, 0.1) is 5.69 Å². The molecule has 0 saturated heterocycles. The van der Waals surface area contributed by atoms with E-state index in [9.17, 15) is 4.79 Å². The Morgan fingerprint density at radius 1 is 1.44 bits per heavy atom. The second-order valence-electron chi connectivity index (χ2n) is 3.92. The zero-order valence-electron chi connectivity index (χ0n) is 10.1. The molecule has 0 amide bonds. The Kier molecular flexibility index (Phi) is 3.66. The van der Waals surface area contributed by atoms with Gasteiger partial charge in [0.1, 0.15) is 0 Å². The molecule has 6 heteroatoms. The summed E-state index contributed by atoms with van der Waals surface area (Å²) in [5.41, 5.74) is 1.83. The van der Waals surface area contributed by atoms with Crippen LogP contribution in [0.25, 0.3) is 5.69 Å². The molecule has 1 aromatic heterocycles. The van der Waals surface area contributed by atoms with Crippen molar-refractivity contribution >= 4 is 5.97 Å². The number of aliphatic carboxylic acids is 1. The molecule has 0 aliphatic rings. The Bertz CT molecular complexity index is 551. The maximum Gasteiger partial charge on any atom is 0.303 e. The average molecular weight is 246 g/mol. The highest BCUT2D eigenvalue weighted by Gasteiger charge is 2.07. The highest BCUT2D eigenvalue weighted by Crippen LogP contribution is 2.12. The number of rotatable bonds is 5. The van der Waals surface area contributed by atoms with E-state index >= 15 is 0 Å². The molecule has 0 aliphatic carbocycles. The molecule has 1 N–H and O–H groups in total. The van der Waals surface area contributed by atoms with Crippen LogP contribution in [0.4, 0.5) is 0 Å². The number of carboxylic acids is 1. The summed E-state index contributed by atoms with van der Waals surface area (Å²) in [6, 6.07) is 7.61. The lowest BCUT2D eigenvalue weighted by Gasteiger charge is -2.05. The van der Waals surface area contributed by atoms with Gasteiger partial charge in [-0.05, 0) is 34.5 Å². The maximum absolute atomic E-state index is 10.5. The Balaban J connectivity index is 2.24. The van der Waals surface area contributed by atoms with E-state index in [0.29, 0.717) is 6.42 Å². The quantitative estimate of drug-likeness (QED) is 0.858. The van der Waals surface area contributed by atoms with Gasteiger partial charge in [-0.1, -0.05) is 19.1 Å². The highest BCUT2D eigenvalue weighted by atomic mass is 16.4. The molecule has 18 heavy (non-hydrogen) atoms. The minimum absolute atomic E-state index is 0.125. The van der Waals surface area contributed by atoms with Crippen molar-refractivity contribution in [1.82, 2.24) is 20.2 Å². The van der Waals surface area contributed by atoms with Crippen molar-refractivity contribution in [2.75, 3.05) is 0 Å². The van der Waals surface area contributed by atoms with E-state index in [1.165, 1.54) is 0 Å². The minimum atomic E-state index is -0.794. The van der Waals surface area contributed by atoms with Gasteiger partial charge in [0.25, 0.3) is 0 Å². The van der Waals surface area contributed by atoms with Crippen LogP contribution in [0.3, 0.4) is 0 Å². The van der Waals surface area contributed by atoms with Crippen LogP contribution in [0, 0.1) is 0 Å². The molecule has 0 radical (unpaired) electrons. The standard InChI is InChI=1S/C12H14N4O2/c1-2-11-13-14-15-16(11)10-5-3-4-9(8-10)6-7-12(17)18/h3-5,8H,2,6-7H2,1H3,(H,17,18). The van der Waals surface area contributed by atoms with Crippen LogP contribution in [0.5, 0.6) is 0 Å². The smallest absolute Gasteiger partial charge is 0.303 e. The molecule has 0 saturated carbocycles. The van der Waals surface area contributed by atoms with E-state index < -0.39 is 5.97 Å². The molecule has 6 nitrogen and oxygen atoms in total. The third-order valence-electron chi connectivity index (χ3n) is 2.63. The van der Waals surface area contributed by atoms with Gasteiger partial charge in [0.15, 0.2) is 5.82 Å². The minimum Gasteiger partial charge on any atom is -0.481 e. The summed E-state index contributed by atoms with van der Waals surface area (Å²) in [7, 11) is 0. The summed E-state index contributed by atoms with van der Waals surface area (Å²) in [6.07, 6.45) is 1.37. The van der Waals surface area contributed by atoms with E-state index in [0.717, 1.165) is 23.5 Å². The first kappa shape index (κ1) is 12.2. The van der Waals surface area contributed by atoms with E-state index in [1.54, 1.807) is 4.68 Å². The fourth-order valence-electron chi connectivity index (χ4n) is 1.72. The lowest BCUT2D eigenvalue weighted by molar-refractivity contribution is -0.136. The Hall–Kier alpha value is -2.24. The highest BCUT2D eigenvalue weighted by molar-refractivity contribution is 5.67. The summed E-state index contributed by atoms with van der Waals surface area (Å²) in [4.78, 5) is 10.5. The van der Waals surface area contributed by atoms with Gasteiger partial charge in [-0.2, -0.15) is 4.68 Å². The topological polar surface area (TPSA) is 80.9 Å². The molecule has 1 heterocycles. The number of hydrogen-bond donors (Lipinski definition) is 1. The first-order valence-electron chi connectivity index (χ1n) is 5.79. The summed E-state index contributed by atoms with van der Waals surface area (Å²) in [5.74, 6) is -0.0116. The van der Waals surface area contributed by atoms with Crippen LogP contribution < -0.4 is 0 Å². The summed E-state index contributed by atoms with van der Waals surface area (Å²) in [5, 5.41) is 20.2. The van der Waals surface area contributed by atoms with Crippen molar-refractivity contribution in [2.24, 2.45) is 0 Å². The van der Waals surface area contributed by atoms with Crippen LogP contribution in [0.15, 0.2) is 24.3 Å². The van der Waals surface area contributed by atoms with Crippen LogP contribution in [-0.2, 0) is 17.6 Å². The molecule has 2 aromatic rings. The lowest BCUT2D eigenvalue weighted by atomic mass is 10.1. The zero-order chi connectivity index (χ0) is 13.0. The fourth-order valence-corrected chi connectivity index (χ4v) is 1.72. The normalized spacial score (nSPS) is 10.5. The molecule has 0 unspecified atom stereocenters. The molecule has 94 valence electrons. The van der Waals surface area contributed by atoms with Gasteiger partial charge in [-0.25, -0.2) is 0 Å². The molecule has 0 spiro atoms. The van der Waals surface area contributed by atoms with Crippen LogP contribution in [0.1, 0.15) is 24.7 Å². The van der Waals surface area contributed by atoms with Crippen molar-refractivity contribution in [3.05, 3.63) is 35.7 Å². The number of tetrazole rings is 1. The van der Waals surface area contributed by atoms with Crippen LogP contribution in [-0.4, -0.2) is 31.3 Å². The van der Waals surface area contributed by atoms with E-state index in [2.05, 4.69) is 15.5 Å². The van der Waals surface area contributed by atoms with Gasteiger partial charge < -0.3 is 5.11 Å². The zero-order valence-corrected chi connectivity index (χ0v) is 10.1. The first-order valence-corrected chi connectivity index (χ1v) is 5.79. The molecule has 0 atom stereocenters. The lowest BCUT2D eigenvalue weighted by Crippen LogP contribution is -2.03. The molecule has 0 aliphatic heterocycles. The van der Waals surface area contributed by atoms with Gasteiger partial charge in [-0.3, -0.25) is 4.79 Å². The number of aryl methyl sites for hydroxylation is 2. The Morgan fingerprint density at radius 3 is 3.00 bits per heavy atom. The first-order chi connectivity index (χ1) is 8.70. The molecule has 2 rings (SSSR count). The largest absolute Gasteiger partial charge is 0.481 e. The van der Waals surface area contributed by atoms with E-state index in [1.807, 2.05) is 31.2 Å². The maximum atomic E-state index is 10.5. The van der Waals surface area contributed by atoms with Crippen molar-refractivity contribution in [3.63, 3.8) is 0 Å². The summed E-state index contributed by atoms with van der Waals surface area (Å²) < 4.78 is 1.67. The molecular formula is C12H14N4O2. The predicted molar refractivity (Wildman–Crippen MR) is 64.5 cm³/mol. The van der Waals surface area contributed by atoms with Gasteiger partial charge in [-0.15, -0.1) is 5.10 Å². The van der Waals surface area contributed by atoms with E-state index in [-0.39, 0.29) is 6.42 Å². The van der Waals surface area contributed by atoms with Crippen molar-refractivity contribution in [1.29, 1.82) is 0 Å². The summed E-state index contributed by atoms with van der Waals surface area (Å²) in [6.45, 7) is 1.98. The Morgan fingerprint density at radius 2 is 2.28 bits per heavy atom. The third-order valence-corrected chi connectivity index (χ3v) is 2.63. The van der Waals surface area contributed by atoms with Crippen molar-refractivity contribution in [2.45, 2.75) is 26.2 Å². The number of hydrogen-bond acceptors (Lipinski definition) is 4. The van der Waals surface area contributed by atoms with Gasteiger partial charge in [0, 0.05) is 12.8 Å². The van der Waals surface area contributed by atoms with Crippen LogP contribution >= 0.6 is 0 Å². The van der Waals surface area contributed by atoms with Gasteiger partial charge in [0.2, 0.25) is 0 Å². The number of aromatic nitrogens is 4. The SMILES string of the molecule is CCc1nnnn1-c1cccc(CCC(=O)O)c1. The monoisotopic (exact) mass is 246 g/mol. The van der Waals surface area contributed by atoms with Crippen molar-refractivity contribution < 1.29 is 9.90 Å². The van der Waals surface area contributed by atoms with Crippen LogP contribution in [0.2, 0.25) is 0 Å². The number of benzene rings is 1. The number of carboxylic acid groups (broad SMARTS) is 1. The average Bonchev–Trinajstić information content (AvgIpc) is 2.85. The number of carbonyl (C=O) groups is 1. The third kappa shape index (κ3) is 2.71.